The van der Waals surface area contributed by atoms with Crippen molar-refractivity contribution in [3.05, 3.63) is 43.7 Å². The van der Waals surface area contributed by atoms with Gasteiger partial charge in [-0.2, -0.15) is 5.26 Å². The number of ether oxygens (including phenoxy) is 1. The van der Waals surface area contributed by atoms with Gasteiger partial charge in [0.1, 0.15) is 16.8 Å². The van der Waals surface area contributed by atoms with Crippen molar-refractivity contribution in [3.8, 4) is 11.8 Å². The number of nitrogens with one attached hydrogen (secondary N) is 1. The first-order chi connectivity index (χ1) is 11.0. The number of aryl methyl sites for hydroxylation is 2. The predicted molar refractivity (Wildman–Crippen MR) is 94.4 cm³/mol. The number of carbonyl (C=O) groups is 1. The minimum Gasteiger partial charge on any atom is -0.496 e. The summed E-state index contributed by atoms with van der Waals surface area (Å²) in [6, 6.07) is 5.87. The molecular formula is C17H15BrN2O2S. The monoisotopic (exact) mass is 390 g/mol. The summed E-state index contributed by atoms with van der Waals surface area (Å²) in [6.07, 6.45) is 3.00. The van der Waals surface area contributed by atoms with Gasteiger partial charge in [-0.15, -0.1) is 11.3 Å². The summed E-state index contributed by atoms with van der Waals surface area (Å²) in [5, 5.41) is 13.0. The Kier molecular flexibility index (Phi) is 4.42. The van der Waals surface area contributed by atoms with E-state index >= 15 is 0 Å². The number of anilines is 1. The summed E-state index contributed by atoms with van der Waals surface area (Å²) in [5.74, 6) is 0.288. The van der Waals surface area contributed by atoms with Crippen LogP contribution in [0.3, 0.4) is 0 Å². The third-order valence-electron chi connectivity index (χ3n) is 3.95. The number of carbonyl (C=O) groups excluding carboxylic acids is 1. The fourth-order valence-electron chi connectivity index (χ4n) is 2.95. The number of benzene rings is 1. The molecule has 0 fully saturated rings. The lowest BCUT2D eigenvalue weighted by molar-refractivity contribution is 0.102. The van der Waals surface area contributed by atoms with Gasteiger partial charge < -0.3 is 10.1 Å². The number of rotatable bonds is 3. The average Bonchev–Trinajstić information content (AvgIpc) is 3.06. The van der Waals surface area contributed by atoms with E-state index < -0.39 is 0 Å². The van der Waals surface area contributed by atoms with Crippen LogP contribution < -0.4 is 10.1 Å². The molecule has 1 N–H and O–H groups in total. The summed E-state index contributed by atoms with van der Waals surface area (Å²) in [4.78, 5) is 13.9. The third-order valence-corrected chi connectivity index (χ3v) is 5.61. The Morgan fingerprint density at radius 2 is 2.22 bits per heavy atom. The van der Waals surface area contributed by atoms with Crippen LogP contribution in [0.1, 0.15) is 38.3 Å². The van der Waals surface area contributed by atoms with Gasteiger partial charge in [-0.1, -0.05) is 15.9 Å². The number of methoxy groups -OCH3 is 1. The molecule has 3 rings (SSSR count). The molecule has 0 spiro atoms. The lowest BCUT2D eigenvalue weighted by Crippen LogP contribution is -2.14. The zero-order valence-electron chi connectivity index (χ0n) is 12.8. The van der Waals surface area contributed by atoms with E-state index in [4.69, 9.17) is 4.74 Å². The second kappa shape index (κ2) is 6.34. The molecule has 1 aromatic heterocycles. The minimum atomic E-state index is -0.261. The molecule has 1 aliphatic carbocycles. The Labute approximate surface area is 147 Å². The smallest absolute Gasteiger partial charge is 0.260 e. The summed E-state index contributed by atoms with van der Waals surface area (Å²) >= 11 is 4.92. The highest BCUT2D eigenvalue weighted by Crippen LogP contribution is 2.39. The Morgan fingerprint density at radius 3 is 2.91 bits per heavy atom. The molecule has 118 valence electrons. The second-order valence-electron chi connectivity index (χ2n) is 5.43. The highest BCUT2D eigenvalue weighted by atomic mass is 79.9. The van der Waals surface area contributed by atoms with Crippen LogP contribution in [0.2, 0.25) is 0 Å². The van der Waals surface area contributed by atoms with Crippen molar-refractivity contribution in [2.75, 3.05) is 12.4 Å². The molecule has 6 heteroatoms. The summed E-state index contributed by atoms with van der Waals surface area (Å²) in [7, 11) is 1.55. The number of hydrogen-bond donors (Lipinski definition) is 1. The molecule has 0 saturated heterocycles. The zero-order valence-corrected chi connectivity index (χ0v) is 15.2. The maximum atomic E-state index is 12.7. The lowest BCUT2D eigenvalue weighted by atomic mass is 10.1. The quantitative estimate of drug-likeness (QED) is 0.842. The standard InChI is InChI=1S/C17H15BrN2O2S/c1-9-6-10(18)7-12(15(9)22-2)16(21)20-17-13(8-19)11-4-3-5-14(11)23-17/h6-7H,3-5H2,1-2H3,(H,20,21). The molecule has 1 amide bonds. The third kappa shape index (κ3) is 2.87. The Bertz CT molecular complexity index is 836. The molecule has 0 atom stereocenters. The molecule has 0 radical (unpaired) electrons. The van der Waals surface area contributed by atoms with E-state index in [1.807, 2.05) is 13.0 Å². The summed E-state index contributed by atoms with van der Waals surface area (Å²) < 4.78 is 6.18. The van der Waals surface area contributed by atoms with Gasteiger partial charge in [0.05, 0.1) is 18.2 Å². The first-order valence-electron chi connectivity index (χ1n) is 7.25. The first kappa shape index (κ1) is 16.0. The topological polar surface area (TPSA) is 62.1 Å². The molecule has 2 aromatic rings. The first-order valence-corrected chi connectivity index (χ1v) is 8.86. The normalized spacial score (nSPS) is 12.6. The van der Waals surface area contributed by atoms with Gasteiger partial charge >= 0.3 is 0 Å². The second-order valence-corrected chi connectivity index (χ2v) is 7.45. The van der Waals surface area contributed by atoms with E-state index in [1.165, 1.54) is 16.2 Å². The fourth-order valence-corrected chi connectivity index (χ4v) is 4.76. The van der Waals surface area contributed by atoms with Gasteiger partial charge in [-0.05, 0) is 49.4 Å². The predicted octanol–water partition coefficient (Wildman–Crippen LogP) is 4.44. The van der Waals surface area contributed by atoms with Crippen molar-refractivity contribution in [1.29, 1.82) is 5.26 Å². The van der Waals surface area contributed by atoms with E-state index in [0.717, 1.165) is 34.9 Å². The SMILES string of the molecule is COc1c(C)cc(Br)cc1C(=O)Nc1sc2c(c1C#N)CCC2. The summed E-state index contributed by atoms with van der Waals surface area (Å²) in [6.45, 7) is 1.89. The van der Waals surface area contributed by atoms with Crippen molar-refractivity contribution in [3.63, 3.8) is 0 Å². The van der Waals surface area contributed by atoms with Crippen LogP contribution in [0.15, 0.2) is 16.6 Å². The lowest BCUT2D eigenvalue weighted by Gasteiger charge is -2.12. The van der Waals surface area contributed by atoms with Gasteiger partial charge in [0, 0.05) is 9.35 Å². The molecule has 1 aromatic carbocycles. The van der Waals surface area contributed by atoms with Crippen LogP contribution in [0.4, 0.5) is 5.00 Å². The maximum Gasteiger partial charge on any atom is 0.260 e. The van der Waals surface area contributed by atoms with Crippen LogP contribution in [0.25, 0.3) is 0 Å². The number of nitriles is 1. The van der Waals surface area contributed by atoms with E-state index in [9.17, 15) is 10.1 Å². The number of halogens is 1. The zero-order chi connectivity index (χ0) is 16.6. The van der Waals surface area contributed by atoms with E-state index in [-0.39, 0.29) is 5.91 Å². The maximum absolute atomic E-state index is 12.7. The fraction of sp³-hybridized carbons (Fsp3) is 0.294. The number of amides is 1. The van der Waals surface area contributed by atoms with E-state index in [2.05, 4.69) is 27.3 Å². The summed E-state index contributed by atoms with van der Waals surface area (Å²) in [5.41, 5.74) is 3.05. The van der Waals surface area contributed by atoms with Crippen molar-refractivity contribution in [2.45, 2.75) is 26.2 Å². The Balaban J connectivity index is 1.96. The van der Waals surface area contributed by atoms with Gasteiger partial charge in [0.25, 0.3) is 5.91 Å². The van der Waals surface area contributed by atoms with Crippen LogP contribution in [0.5, 0.6) is 5.75 Å². The van der Waals surface area contributed by atoms with Crippen molar-refractivity contribution >= 4 is 38.2 Å². The molecule has 0 aliphatic heterocycles. The number of hydrogen-bond acceptors (Lipinski definition) is 4. The largest absolute Gasteiger partial charge is 0.496 e. The molecule has 0 bridgehead atoms. The van der Waals surface area contributed by atoms with Crippen LogP contribution in [0, 0.1) is 18.3 Å². The number of nitrogens with zero attached hydrogens (tertiary/aromatic N) is 1. The van der Waals surface area contributed by atoms with Gasteiger partial charge in [-0.3, -0.25) is 4.79 Å². The molecule has 0 saturated carbocycles. The van der Waals surface area contributed by atoms with Crippen molar-refractivity contribution in [2.24, 2.45) is 0 Å². The van der Waals surface area contributed by atoms with Gasteiger partial charge in [-0.25, -0.2) is 0 Å². The van der Waals surface area contributed by atoms with E-state index in [1.54, 1.807) is 13.2 Å². The highest BCUT2D eigenvalue weighted by molar-refractivity contribution is 9.10. The molecular weight excluding hydrogens is 376 g/mol. The van der Waals surface area contributed by atoms with Crippen molar-refractivity contribution < 1.29 is 9.53 Å². The number of thiophene rings is 1. The number of fused-ring (bicyclic) bond motifs is 1. The molecule has 23 heavy (non-hydrogen) atoms. The highest BCUT2D eigenvalue weighted by Gasteiger charge is 2.24. The van der Waals surface area contributed by atoms with Gasteiger partial charge in [0.2, 0.25) is 0 Å². The average molecular weight is 391 g/mol. The molecule has 1 aliphatic rings. The van der Waals surface area contributed by atoms with Crippen molar-refractivity contribution in [1.82, 2.24) is 0 Å². The minimum absolute atomic E-state index is 0.261. The molecule has 4 nitrogen and oxygen atoms in total. The van der Waals surface area contributed by atoms with Gasteiger partial charge in [0.15, 0.2) is 0 Å². The Morgan fingerprint density at radius 1 is 1.43 bits per heavy atom. The van der Waals surface area contributed by atoms with Crippen LogP contribution in [-0.4, -0.2) is 13.0 Å². The van der Waals surface area contributed by atoms with E-state index in [0.29, 0.717) is 21.9 Å². The Hall–Kier alpha value is -1.84. The molecule has 1 heterocycles. The van der Waals surface area contributed by atoms with Crippen LogP contribution >= 0.6 is 27.3 Å². The van der Waals surface area contributed by atoms with Crippen LogP contribution in [-0.2, 0) is 12.8 Å². The molecule has 0 unspecified atom stereocenters.